The highest BCUT2D eigenvalue weighted by Gasteiger charge is 2.23. The Bertz CT molecular complexity index is 495. The first-order valence-corrected chi connectivity index (χ1v) is 8.08. The van der Waals surface area contributed by atoms with E-state index in [1.165, 1.54) is 12.1 Å². The molecule has 1 rings (SSSR count). The molecule has 1 atom stereocenters. The summed E-state index contributed by atoms with van der Waals surface area (Å²) in [7, 11) is 0. The highest BCUT2D eigenvalue weighted by Crippen LogP contribution is 2.14. The molecule has 0 aliphatic rings. The number of amides is 1. The first-order valence-electron chi connectivity index (χ1n) is 8.08. The third-order valence-corrected chi connectivity index (χ3v) is 3.42. The summed E-state index contributed by atoms with van der Waals surface area (Å²) in [5.74, 6) is -0.239. The van der Waals surface area contributed by atoms with Gasteiger partial charge in [0, 0.05) is 25.2 Å². The standard InChI is InChI=1S/C18H29FN2O2/c1-13(2)21(17(22)23-18(4,5)6)12-11-20-14(3)15-7-9-16(19)10-8-15/h7-10,13-14,20H,11-12H2,1-6H3. The molecule has 0 saturated carbocycles. The summed E-state index contributed by atoms with van der Waals surface area (Å²) in [5.41, 5.74) is 0.513. The van der Waals surface area contributed by atoms with Crippen molar-refractivity contribution < 1.29 is 13.9 Å². The monoisotopic (exact) mass is 324 g/mol. The Kier molecular flexibility index (Phi) is 7.01. The molecule has 0 heterocycles. The molecule has 130 valence electrons. The lowest BCUT2D eigenvalue weighted by Gasteiger charge is -2.30. The van der Waals surface area contributed by atoms with E-state index < -0.39 is 5.60 Å². The van der Waals surface area contributed by atoms with Crippen LogP contribution in [0.25, 0.3) is 0 Å². The third-order valence-electron chi connectivity index (χ3n) is 3.42. The number of nitrogens with zero attached hydrogens (tertiary/aromatic N) is 1. The second-order valence-electron chi connectivity index (χ2n) is 6.99. The van der Waals surface area contributed by atoms with Crippen molar-refractivity contribution >= 4 is 6.09 Å². The van der Waals surface area contributed by atoms with E-state index in [1.807, 2.05) is 41.5 Å². The van der Waals surface area contributed by atoms with Gasteiger partial charge < -0.3 is 15.0 Å². The van der Waals surface area contributed by atoms with Crippen molar-refractivity contribution in [3.05, 3.63) is 35.6 Å². The first-order chi connectivity index (χ1) is 10.6. The summed E-state index contributed by atoms with van der Waals surface area (Å²) >= 11 is 0. The second kappa shape index (κ2) is 8.29. The molecule has 23 heavy (non-hydrogen) atoms. The van der Waals surface area contributed by atoms with Crippen molar-refractivity contribution in [3.8, 4) is 0 Å². The number of halogens is 1. The number of carbonyl (C=O) groups excluding carboxylic acids is 1. The zero-order valence-corrected chi connectivity index (χ0v) is 15.0. The van der Waals surface area contributed by atoms with Crippen LogP contribution >= 0.6 is 0 Å². The fourth-order valence-corrected chi connectivity index (χ4v) is 2.15. The van der Waals surface area contributed by atoms with E-state index in [0.29, 0.717) is 13.1 Å². The molecule has 0 radical (unpaired) electrons. The normalized spacial score (nSPS) is 13.0. The minimum Gasteiger partial charge on any atom is -0.444 e. The highest BCUT2D eigenvalue weighted by molar-refractivity contribution is 5.68. The van der Waals surface area contributed by atoms with Gasteiger partial charge in [-0.3, -0.25) is 0 Å². The van der Waals surface area contributed by atoms with Gasteiger partial charge in [-0.05, 0) is 59.2 Å². The molecule has 1 aromatic carbocycles. The number of ether oxygens (including phenoxy) is 1. The van der Waals surface area contributed by atoms with Gasteiger partial charge in [0.05, 0.1) is 0 Å². The molecule has 0 aliphatic heterocycles. The number of nitrogens with one attached hydrogen (secondary N) is 1. The molecule has 0 spiro atoms. The fraction of sp³-hybridized carbons (Fsp3) is 0.611. The Morgan fingerprint density at radius 1 is 1.22 bits per heavy atom. The van der Waals surface area contributed by atoms with E-state index in [4.69, 9.17) is 4.74 Å². The second-order valence-corrected chi connectivity index (χ2v) is 6.99. The van der Waals surface area contributed by atoms with E-state index in [2.05, 4.69) is 5.32 Å². The average Bonchev–Trinajstić information content (AvgIpc) is 2.41. The first kappa shape index (κ1) is 19.4. The van der Waals surface area contributed by atoms with Crippen LogP contribution in [-0.2, 0) is 4.74 Å². The van der Waals surface area contributed by atoms with E-state index >= 15 is 0 Å². The molecule has 0 fully saturated rings. The third kappa shape index (κ3) is 6.99. The Hall–Kier alpha value is -1.62. The van der Waals surface area contributed by atoms with Crippen LogP contribution < -0.4 is 5.32 Å². The summed E-state index contributed by atoms with van der Waals surface area (Å²) in [4.78, 5) is 13.9. The molecule has 0 bridgehead atoms. The van der Waals surface area contributed by atoms with Gasteiger partial charge in [-0.25, -0.2) is 9.18 Å². The Morgan fingerprint density at radius 2 is 1.78 bits per heavy atom. The van der Waals surface area contributed by atoms with Gasteiger partial charge in [0.2, 0.25) is 0 Å². The predicted octanol–water partition coefficient (Wildman–Crippen LogP) is 4.12. The molecule has 5 heteroatoms. The van der Waals surface area contributed by atoms with Crippen molar-refractivity contribution in [1.29, 1.82) is 0 Å². The van der Waals surface area contributed by atoms with Crippen LogP contribution in [0, 0.1) is 5.82 Å². The van der Waals surface area contributed by atoms with Crippen molar-refractivity contribution in [3.63, 3.8) is 0 Å². The number of rotatable bonds is 6. The highest BCUT2D eigenvalue weighted by atomic mass is 19.1. The van der Waals surface area contributed by atoms with Crippen LogP contribution in [0.2, 0.25) is 0 Å². The van der Waals surface area contributed by atoms with Crippen molar-refractivity contribution in [2.24, 2.45) is 0 Å². The SMILES string of the molecule is CC(NCCN(C(=O)OC(C)(C)C)C(C)C)c1ccc(F)cc1. The quantitative estimate of drug-likeness (QED) is 0.856. The van der Waals surface area contributed by atoms with Crippen LogP contribution in [0.4, 0.5) is 9.18 Å². The van der Waals surface area contributed by atoms with Gasteiger partial charge in [-0.15, -0.1) is 0 Å². The van der Waals surface area contributed by atoms with Gasteiger partial charge in [0.25, 0.3) is 0 Å². The summed E-state index contributed by atoms with van der Waals surface area (Å²) in [6.07, 6.45) is -0.302. The number of carbonyl (C=O) groups is 1. The summed E-state index contributed by atoms with van der Waals surface area (Å²) in [5, 5.41) is 3.35. The maximum absolute atomic E-state index is 12.9. The Balaban J connectivity index is 2.52. The molecule has 1 unspecified atom stereocenters. The van der Waals surface area contributed by atoms with Gasteiger partial charge in [-0.2, -0.15) is 0 Å². The summed E-state index contributed by atoms with van der Waals surface area (Å²) in [6.45, 7) is 12.7. The molecule has 1 N–H and O–H groups in total. The van der Waals surface area contributed by atoms with Crippen molar-refractivity contribution in [2.75, 3.05) is 13.1 Å². The Labute approximate surface area is 139 Å². The minimum absolute atomic E-state index is 0.0628. The lowest BCUT2D eigenvalue weighted by atomic mass is 10.1. The number of hydrogen-bond donors (Lipinski definition) is 1. The van der Waals surface area contributed by atoms with Gasteiger partial charge in [0.1, 0.15) is 11.4 Å². The molecule has 4 nitrogen and oxygen atoms in total. The van der Waals surface area contributed by atoms with E-state index in [1.54, 1.807) is 17.0 Å². The minimum atomic E-state index is -0.501. The molecular formula is C18H29FN2O2. The molecule has 0 saturated heterocycles. The number of hydrogen-bond acceptors (Lipinski definition) is 3. The lowest BCUT2D eigenvalue weighted by molar-refractivity contribution is 0.0192. The smallest absolute Gasteiger partial charge is 0.410 e. The summed E-state index contributed by atoms with van der Waals surface area (Å²) < 4.78 is 18.4. The molecule has 1 aromatic rings. The molecular weight excluding hydrogens is 295 g/mol. The molecule has 1 amide bonds. The maximum Gasteiger partial charge on any atom is 0.410 e. The largest absolute Gasteiger partial charge is 0.444 e. The van der Waals surface area contributed by atoms with Crippen LogP contribution in [0.15, 0.2) is 24.3 Å². The zero-order valence-electron chi connectivity index (χ0n) is 15.0. The predicted molar refractivity (Wildman–Crippen MR) is 90.9 cm³/mol. The summed E-state index contributed by atoms with van der Waals surface area (Å²) in [6, 6.07) is 6.59. The fourth-order valence-electron chi connectivity index (χ4n) is 2.15. The topological polar surface area (TPSA) is 41.6 Å². The molecule has 0 aromatic heterocycles. The van der Waals surface area contributed by atoms with Crippen LogP contribution in [-0.4, -0.2) is 35.7 Å². The van der Waals surface area contributed by atoms with Crippen LogP contribution in [0.1, 0.15) is 53.1 Å². The maximum atomic E-state index is 12.9. The van der Waals surface area contributed by atoms with Gasteiger partial charge in [0.15, 0.2) is 0 Å². The lowest BCUT2D eigenvalue weighted by Crippen LogP contribution is -2.44. The van der Waals surface area contributed by atoms with Crippen LogP contribution in [0.5, 0.6) is 0 Å². The van der Waals surface area contributed by atoms with Gasteiger partial charge in [-0.1, -0.05) is 12.1 Å². The van der Waals surface area contributed by atoms with Crippen molar-refractivity contribution in [2.45, 2.75) is 59.2 Å². The van der Waals surface area contributed by atoms with E-state index in [0.717, 1.165) is 5.56 Å². The van der Waals surface area contributed by atoms with Crippen LogP contribution in [0.3, 0.4) is 0 Å². The van der Waals surface area contributed by atoms with Gasteiger partial charge >= 0.3 is 6.09 Å². The zero-order chi connectivity index (χ0) is 17.6. The average molecular weight is 324 g/mol. The van der Waals surface area contributed by atoms with Crippen molar-refractivity contribution in [1.82, 2.24) is 10.2 Å². The molecule has 0 aliphatic carbocycles. The number of benzene rings is 1. The van der Waals surface area contributed by atoms with E-state index in [9.17, 15) is 9.18 Å². The Morgan fingerprint density at radius 3 is 2.26 bits per heavy atom. The van der Waals surface area contributed by atoms with E-state index in [-0.39, 0.29) is 24.0 Å².